The Morgan fingerprint density at radius 3 is 2.35 bits per heavy atom. The van der Waals surface area contributed by atoms with Crippen molar-refractivity contribution in [3.05, 3.63) is 39.9 Å². The van der Waals surface area contributed by atoms with E-state index in [9.17, 15) is 4.79 Å². The Labute approximate surface area is 138 Å². The summed E-state index contributed by atoms with van der Waals surface area (Å²) in [5.41, 5.74) is 0.362. The lowest BCUT2D eigenvalue weighted by Gasteiger charge is -2.12. The smallest absolute Gasteiger partial charge is 0.375 e. The minimum atomic E-state index is -1.95. The van der Waals surface area contributed by atoms with Crippen LogP contribution in [0.2, 0.25) is 10.0 Å². The molecule has 10 heteroatoms. The average molecular weight is 375 g/mol. The van der Waals surface area contributed by atoms with Crippen LogP contribution in [0.3, 0.4) is 0 Å². The maximum Gasteiger partial charge on any atom is 0.375 e. The van der Waals surface area contributed by atoms with Gasteiger partial charge in [-0.3, -0.25) is 0 Å². The summed E-state index contributed by atoms with van der Waals surface area (Å²) in [4.78, 5) is 14.6. The van der Waals surface area contributed by atoms with Gasteiger partial charge in [-0.05, 0) is 18.2 Å². The monoisotopic (exact) mass is 373 g/mol. The lowest BCUT2D eigenvalue weighted by Crippen LogP contribution is -2.11. The molecule has 0 spiro atoms. The number of alkyl halides is 3. The van der Waals surface area contributed by atoms with Crippen LogP contribution in [-0.2, 0) is 3.79 Å². The summed E-state index contributed by atoms with van der Waals surface area (Å²) in [7, 11) is 0. The first-order valence-electron chi connectivity index (χ1n) is 4.93. The normalized spacial score (nSPS) is 11.7. The van der Waals surface area contributed by atoms with E-state index in [4.69, 9.17) is 63.1 Å². The fraction of sp³-hybridized carbons (Fsp3) is 0.100. The van der Waals surface area contributed by atoms with E-state index in [0.717, 1.165) is 4.68 Å². The highest BCUT2D eigenvalue weighted by molar-refractivity contribution is 6.66. The molecular formula is C10H4Cl5N3O2. The third-order valence-corrected chi connectivity index (χ3v) is 3.45. The molecule has 0 amide bonds. The van der Waals surface area contributed by atoms with Gasteiger partial charge in [0.15, 0.2) is 5.82 Å². The number of benzene rings is 1. The van der Waals surface area contributed by atoms with E-state index in [1.165, 1.54) is 18.2 Å². The van der Waals surface area contributed by atoms with Crippen LogP contribution in [-0.4, -0.2) is 25.8 Å². The molecule has 1 aromatic carbocycles. The number of carboxylic acid groups (broad SMARTS) is 1. The summed E-state index contributed by atoms with van der Waals surface area (Å²) in [6.07, 6.45) is 0. The molecule has 0 aliphatic rings. The van der Waals surface area contributed by atoms with E-state index in [0.29, 0.717) is 10.7 Å². The predicted octanol–water partition coefficient (Wildman–Crippen LogP) is 4.10. The second-order valence-electron chi connectivity index (χ2n) is 3.57. The number of carboxylic acids is 1. The Hall–Kier alpha value is -0.720. The maximum absolute atomic E-state index is 10.9. The van der Waals surface area contributed by atoms with Crippen molar-refractivity contribution < 1.29 is 9.90 Å². The summed E-state index contributed by atoms with van der Waals surface area (Å²) in [5.74, 6) is -2.02. The van der Waals surface area contributed by atoms with Crippen molar-refractivity contribution >= 4 is 64.0 Å². The Kier molecular flexibility index (Phi) is 4.37. The molecule has 0 bridgehead atoms. The van der Waals surface area contributed by atoms with Crippen molar-refractivity contribution in [3.8, 4) is 5.69 Å². The molecule has 1 N–H and O–H groups in total. The molecule has 20 heavy (non-hydrogen) atoms. The van der Waals surface area contributed by atoms with E-state index in [-0.39, 0.29) is 10.8 Å². The Morgan fingerprint density at radius 2 is 1.85 bits per heavy atom. The van der Waals surface area contributed by atoms with Crippen LogP contribution in [0.4, 0.5) is 0 Å². The molecule has 1 aromatic heterocycles. The molecule has 5 nitrogen and oxygen atoms in total. The van der Waals surface area contributed by atoms with Gasteiger partial charge in [0, 0.05) is 0 Å². The van der Waals surface area contributed by atoms with Gasteiger partial charge in [-0.1, -0.05) is 58.0 Å². The number of hydrogen-bond donors (Lipinski definition) is 1. The Morgan fingerprint density at radius 1 is 1.20 bits per heavy atom. The number of aromatic nitrogens is 3. The number of nitrogens with zero attached hydrogens (tertiary/aromatic N) is 3. The van der Waals surface area contributed by atoms with E-state index in [1.54, 1.807) is 0 Å². The van der Waals surface area contributed by atoms with Gasteiger partial charge in [0.2, 0.25) is 3.79 Å². The highest BCUT2D eigenvalue weighted by atomic mass is 35.6. The summed E-state index contributed by atoms with van der Waals surface area (Å²) >= 11 is 29.0. The number of hydrogen-bond acceptors (Lipinski definition) is 3. The summed E-state index contributed by atoms with van der Waals surface area (Å²) in [6.45, 7) is 0. The second-order valence-corrected chi connectivity index (χ2v) is 6.67. The van der Waals surface area contributed by atoms with Crippen LogP contribution in [0.25, 0.3) is 5.69 Å². The van der Waals surface area contributed by atoms with Gasteiger partial charge in [0.1, 0.15) is 0 Å². The van der Waals surface area contributed by atoms with Crippen LogP contribution in [0, 0.1) is 0 Å². The predicted molar refractivity (Wildman–Crippen MR) is 77.6 cm³/mol. The van der Waals surface area contributed by atoms with E-state index in [2.05, 4.69) is 10.1 Å². The number of aromatic carboxylic acids is 1. The summed E-state index contributed by atoms with van der Waals surface area (Å²) in [5, 5.41) is 13.3. The van der Waals surface area contributed by atoms with E-state index >= 15 is 0 Å². The maximum atomic E-state index is 10.9. The molecule has 2 aromatic rings. The molecule has 0 atom stereocenters. The molecule has 106 valence electrons. The quantitative estimate of drug-likeness (QED) is 0.803. The standard InChI is InChI=1S/C10H4Cl5N3O2/c11-5-2-1-4(3-6(5)12)18-9(10(13,14)15)16-7(17-18)8(19)20/h1-3H,(H,19,20). The highest BCUT2D eigenvalue weighted by Gasteiger charge is 2.32. The molecule has 0 saturated heterocycles. The van der Waals surface area contributed by atoms with Crippen LogP contribution < -0.4 is 0 Å². The van der Waals surface area contributed by atoms with Gasteiger partial charge >= 0.3 is 5.97 Å². The summed E-state index contributed by atoms with van der Waals surface area (Å²) < 4.78 is -0.870. The zero-order valence-corrected chi connectivity index (χ0v) is 13.1. The first-order chi connectivity index (χ1) is 9.20. The van der Waals surface area contributed by atoms with Gasteiger partial charge in [-0.2, -0.15) is 0 Å². The van der Waals surface area contributed by atoms with E-state index in [1.807, 2.05) is 0 Å². The molecule has 0 unspecified atom stereocenters. The highest BCUT2D eigenvalue weighted by Crippen LogP contribution is 2.38. The third-order valence-electron chi connectivity index (χ3n) is 2.20. The second kappa shape index (κ2) is 5.58. The largest absolute Gasteiger partial charge is 0.475 e. The molecular weight excluding hydrogens is 371 g/mol. The minimum Gasteiger partial charge on any atom is -0.475 e. The molecule has 0 radical (unpaired) electrons. The third kappa shape index (κ3) is 3.13. The zero-order chi connectivity index (χ0) is 15.1. The molecule has 0 saturated carbocycles. The number of halogens is 5. The van der Waals surface area contributed by atoms with Crippen LogP contribution in [0.15, 0.2) is 18.2 Å². The number of rotatable bonds is 2. The zero-order valence-electron chi connectivity index (χ0n) is 9.32. The van der Waals surface area contributed by atoms with Crippen molar-refractivity contribution in [2.24, 2.45) is 0 Å². The van der Waals surface area contributed by atoms with Gasteiger partial charge in [0.25, 0.3) is 5.82 Å². The van der Waals surface area contributed by atoms with Gasteiger partial charge < -0.3 is 5.11 Å². The first kappa shape index (κ1) is 15.7. The Bertz CT molecular complexity index is 680. The van der Waals surface area contributed by atoms with Gasteiger partial charge in [0.05, 0.1) is 15.7 Å². The van der Waals surface area contributed by atoms with Crippen molar-refractivity contribution in [2.75, 3.05) is 0 Å². The fourth-order valence-corrected chi connectivity index (χ4v) is 2.04. The summed E-state index contributed by atoms with van der Waals surface area (Å²) in [6, 6.07) is 4.49. The molecule has 0 aliphatic heterocycles. The van der Waals surface area contributed by atoms with E-state index < -0.39 is 15.6 Å². The van der Waals surface area contributed by atoms with Crippen molar-refractivity contribution in [1.29, 1.82) is 0 Å². The average Bonchev–Trinajstić information content (AvgIpc) is 2.77. The molecule has 1 heterocycles. The van der Waals surface area contributed by atoms with Gasteiger partial charge in [-0.15, -0.1) is 5.10 Å². The fourth-order valence-electron chi connectivity index (χ4n) is 1.38. The molecule has 2 rings (SSSR count). The van der Waals surface area contributed by atoms with Crippen molar-refractivity contribution in [1.82, 2.24) is 14.8 Å². The number of carbonyl (C=O) groups is 1. The molecule has 0 aliphatic carbocycles. The van der Waals surface area contributed by atoms with Crippen molar-refractivity contribution in [3.63, 3.8) is 0 Å². The SMILES string of the molecule is O=C(O)c1nc(C(Cl)(Cl)Cl)n(-c2ccc(Cl)c(Cl)c2)n1. The Balaban J connectivity index is 2.65. The topological polar surface area (TPSA) is 68.0 Å². The lowest BCUT2D eigenvalue weighted by atomic mass is 10.3. The van der Waals surface area contributed by atoms with Crippen molar-refractivity contribution in [2.45, 2.75) is 3.79 Å². The first-order valence-corrected chi connectivity index (χ1v) is 6.82. The van der Waals surface area contributed by atoms with Crippen LogP contribution in [0.5, 0.6) is 0 Å². The lowest BCUT2D eigenvalue weighted by molar-refractivity contribution is 0.0683. The van der Waals surface area contributed by atoms with Crippen LogP contribution in [0.1, 0.15) is 16.4 Å². The van der Waals surface area contributed by atoms with Gasteiger partial charge in [-0.25, -0.2) is 14.5 Å². The minimum absolute atomic E-state index is 0.168. The molecule has 0 fully saturated rings. The van der Waals surface area contributed by atoms with Crippen LogP contribution >= 0.6 is 58.0 Å².